The first-order valence-corrected chi connectivity index (χ1v) is 5.98. The number of aromatic nitrogens is 4. The monoisotopic (exact) mass is 244 g/mol. The number of nitrogens with zero attached hydrogens (tertiary/aromatic N) is 4. The fraction of sp³-hybridized carbons (Fsp3) is 0.308. The Kier molecular flexibility index (Phi) is 3.14. The van der Waals surface area contributed by atoms with Gasteiger partial charge in [-0.2, -0.15) is 0 Å². The molecule has 0 radical (unpaired) electrons. The lowest BCUT2D eigenvalue weighted by atomic mass is 10.3. The minimum absolute atomic E-state index is 0.114. The van der Waals surface area contributed by atoms with E-state index in [0.717, 1.165) is 11.2 Å². The fourth-order valence-corrected chi connectivity index (χ4v) is 1.88. The smallest absolute Gasteiger partial charge is 0.281 e. The van der Waals surface area contributed by atoms with E-state index >= 15 is 0 Å². The van der Waals surface area contributed by atoms with Crippen molar-refractivity contribution in [2.45, 2.75) is 20.8 Å². The SMILES string of the molecule is CC.Cc1ccc2c(n1)c(=O)n(C)c1nccn21. The third-order valence-corrected chi connectivity index (χ3v) is 2.70. The van der Waals surface area contributed by atoms with Crippen LogP contribution < -0.4 is 5.56 Å². The van der Waals surface area contributed by atoms with Crippen molar-refractivity contribution in [1.29, 1.82) is 0 Å². The van der Waals surface area contributed by atoms with Gasteiger partial charge in [0.25, 0.3) is 5.56 Å². The highest BCUT2D eigenvalue weighted by atomic mass is 16.1. The standard InChI is InChI=1S/C11H10N4O.C2H6/c1-7-3-4-8-9(13-7)10(16)14(2)11-12-5-6-15(8)11;1-2/h3-6H,1-2H3;1-2H3. The second kappa shape index (κ2) is 4.60. The Morgan fingerprint density at radius 1 is 1.22 bits per heavy atom. The molecule has 0 saturated heterocycles. The van der Waals surface area contributed by atoms with E-state index in [0.29, 0.717) is 11.3 Å². The molecule has 0 amide bonds. The first kappa shape index (κ1) is 12.3. The van der Waals surface area contributed by atoms with Crippen molar-refractivity contribution >= 4 is 16.8 Å². The average molecular weight is 244 g/mol. The quantitative estimate of drug-likeness (QED) is 0.607. The molecule has 0 aromatic carbocycles. The number of fused-ring (bicyclic) bond motifs is 3. The molecule has 0 fully saturated rings. The highest BCUT2D eigenvalue weighted by molar-refractivity contribution is 5.76. The van der Waals surface area contributed by atoms with Crippen molar-refractivity contribution in [2.24, 2.45) is 7.05 Å². The number of pyridine rings is 1. The Morgan fingerprint density at radius 3 is 2.67 bits per heavy atom. The van der Waals surface area contributed by atoms with Crippen LogP contribution in [0.25, 0.3) is 16.8 Å². The Labute approximate surface area is 105 Å². The van der Waals surface area contributed by atoms with E-state index in [1.807, 2.05) is 43.5 Å². The molecule has 0 atom stereocenters. The minimum atomic E-state index is -0.114. The van der Waals surface area contributed by atoms with Gasteiger partial charge >= 0.3 is 0 Å². The highest BCUT2D eigenvalue weighted by Crippen LogP contribution is 2.10. The summed E-state index contributed by atoms with van der Waals surface area (Å²) in [4.78, 5) is 20.5. The van der Waals surface area contributed by atoms with Crippen molar-refractivity contribution in [2.75, 3.05) is 0 Å². The summed E-state index contributed by atoms with van der Waals surface area (Å²) < 4.78 is 3.37. The van der Waals surface area contributed by atoms with E-state index in [1.165, 1.54) is 4.57 Å². The van der Waals surface area contributed by atoms with Crippen LogP contribution in [0.3, 0.4) is 0 Å². The maximum Gasteiger partial charge on any atom is 0.281 e. The molecule has 0 spiro atoms. The molecule has 0 saturated carbocycles. The molecule has 3 rings (SSSR count). The number of hydrogen-bond donors (Lipinski definition) is 0. The summed E-state index contributed by atoms with van der Waals surface area (Å²) in [6, 6.07) is 3.79. The third-order valence-electron chi connectivity index (χ3n) is 2.70. The van der Waals surface area contributed by atoms with Crippen LogP contribution in [0.5, 0.6) is 0 Å². The summed E-state index contributed by atoms with van der Waals surface area (Å²) in [6.45, 7) is 5.87. The molecule has 0 aliphatic rings. The van der Waals surface area contributed by atoms with E-state index in [1.54, 1.807) is 13.2 Å². The molecular formula is C13H16N4O. The zero-order chi connectivity index (χ0) is 13.3. The van der Waals surface area contributed by atoms with Gasteiger partial charge in [-0.1, -0.05) is 13.8 Å². The van der Waals surface area contributed by atoms with Gasteiger partial charge in [0.1, 0.15) is 0 Å². The van der Waals surface area contributed by atoms with E-state index in [9.17, 15) is 4.79 Å². The second-order valence-electron chi connectivity index (χ2n) is 3.78. The number of imidazole rings is 1. The lowest BCUT2D eigenvalue weighted by Gasteiger charge is -2.05. The van der Waals surface area contributed by atoms with Crippen LogP contribution in [0.1, 0.15) is 19.5 Å². The lowest BCUT2D eigenvalue weighted by molar-refractivity contribution is 0.858. The van der Waals surface area contributed by atoms with Gasteiger partial charge in [-0.3, -0.25) is 13.8 Å². The van der Waals surface area contributed by atoms with Gasteiger partial charge < -0.3 is 0 Å². The van der Waals surface area contributed by atoms with Gasteiger partial charge in [-0.25, -0.2) is 9.97 Å². The van der Waals surface area contributed by atoms with Crippen LogP contribution in [0.4, 0.5) is 0 Å². The van der Waals surface area contributed by atoms with Crippen LogP contribution >= 0.6 is 0 Å². The fourth-order valence-electron chi connectivity index (χ4n) is 1.88. The molecule has 0 aliphatic carbocycles. The summed E-state index contributed by atoms with van der Waals surface area (Å²) in [7, 11) is 1.70. The van der Waals surface area contributed by atoms with Crippen molar-refractivity contribution in [3.8, 4) is 0 Å². The molecule has 5 nitrogen and oxygen atoms in total. The van der Waals surface area contributed by atoms with E-state index in [2.05, 4.69) is 9.97 Å². The predicted molar refractivity (Wildman–Crippen MR) is 71.8 cm³/mol. The maximum atomic E-state index is 12.0. The second-order valence-corrected chi connectivity index (χ2v) is 3.78. The number of hydrogen-bond acceptors (Lipinski definition) is 3. The van der Waals surface area contributed by atoms with Gasteiger partial charge in [-0.05, 0) is 19.1 Å². The summed E-state index contributed by atoms with van der Waals surface area (Å²) in [6.07, 6.45) is 3.50. The summed E-state index contributed by atoms with van der Waals surface area (Å²) in [5.41, 5.74) is 2.00. The van der Waals surface area contributed by atoms with Crippen LogP contribution in [0, 0.1) is 6.92 Å². The molecule has 0 aliphatic heterocycles. The zero-order valence-electron chi connectivity index (χ0n) is 11.0. The van der Waals surface area contributed by atoms with Gasteiger partial charge in [-0.15, -0.1) is 0 Å². The zero-order valence-corrected chi connectivity index (χ0v) is 11.0. The number of aryl methyl sites for hydroxylation is 2. The summed E-state index contributed by atoms with van der Waals surface area (Å²) in [5.74, 6) is 0.628. The molecule has 94 valence electrons. The Bertz CT molecular complexity index is 755. The molecule has 3 aromatic rings. The normalized spacial score (nSPS) is 10.4. The van der Waals surface area contributed by atoms with Crippen LogP contribution in [0.15, 0.2) is 29.3 Å². The van der Waals surface area contributed by atoms with Gasteiger partial charge in [0, 0.05) is 25.1 Å². The minimum Gasteiger partial charge on any atom is -0.283 e. The van der Waals surface area contributed by atoms with Crippen LogP contribution in [-0.2, 0) is 7.05 Å². The van der Waals surface area contributed by atoms with Gasteiger partial charge in [0.15, 0.2) is 5.52 Å². The van der Waals surface area contributed by atoms with Crippen LogP contribution in [0.2, 0.25) is 0 Å². The van der Waals surface area contributed by atoms with E-state index in [-0.39, 0.29) is 5.56 Å². The average Bonchev–Trinajstić information content (AvgIpc) is 2.88. The molecular weight excluding hydrogens is 228 g/mol. The first-order chi connectivity index (χ1) is 8.68. The topological polar surface area (TPSA) is 52.2 Å². The molecule has 3 heterocycles. The Morgan fingerprint density at radius 2 is 1.94 bits per heavy atom. The van der Waals surface area contributed by atoms with Crippen LogP contribution in [-0.4, -0.2) is 18.9 Å². The summed E-state index contributed by atoms with van der Waals surface area (Å²) in [5, 5.41) is 0. The van der Waals surface area contributed by atoms with E-state index < -0.39 is 0 Å². The summed E-state index contributed by atoms with van der Waals surface area (Å²) >= 11 is 0. The van der Waals surface area contributed by atoms with Crippen molar-refractivity contribution in [3.63, 3.8) is 0 Å². The van der Waals surface area contributed by atoms with Crippen molar-refractivity contribution in [1.82, 2.24) is 18.9 Å². The maximum absolute atomic E-state index is 12.0. The third kappa shape index (κ3) is 1.68. The number of rotatable bonds is 0. The molecule has 0 bridgehead atoms. The molecule has 0 N–H and O–H groups in total. The largest absolute Gasteiger partial charge is 0.283 e. The first-order valence-electron chi connectivity index (χ1n) is 5.98. The van der Waals surface area contributed by atoms with Gasteiger partial charge in [0.2, 0.25) is 5.78 Å². The van der Waals surface area contributed by atoms with E-state index in [4.69, 9.17) is 0 Å². The molecule has 3 aromatic heterocycles. The van der Waals surface area contributed by atoms with Gasteiger partial charge in [0.05, 0.1) is 5.52 Å². The predicted octanol–water partition coefficient (Wildman–Crippen LogP) is 1.92. The molecule has 5 heteroatoms. The Balaban J connectivity index is 0.000000574. The molecule has 0 unspecified atom stereocenters. The molecule has 18 heavy (non-hydrogen) atoms. The Hall–Kier alpha value is -2.17. The van der Waals surface area contributed by atoms with Crippen molar-refractivity contribution < 1.29 is 0 Å². The lowest BCUT2D eigenvalue weighted by Crippen LogP contribution is -2.21. The highest BCUT2D eigenvalue weighted by Gasteiger charge is 2.09. The van der Waals surface area contributed by atoms with Crippen molar-refractivity contribution in [3.05, 3.63) is 40.6 Å².